The molecule has 0 aromatic heterocycles. The van der Waals surface area contributed by atoms with Gasteiger partial charge >= 0.3 is 5.97 Å². The fraction of sp³-hybridized carbons (Fsp3) is 0.333. The maximum atomic E-state index is 12.8. The largest absolute Gasteiger partial charge is 0.452 e. The zero-order valence-corrected chi connectivity index (χ0v) is 20.2. The Hall–Kier alpha value is -2.71. The zero-order chi connectivity index (χ0) is 23.7. The third-order valence-electron chi connectivity index (χ3n) is 6.09. The molecule has 4 rings (SSSR count). The summed E-state index contributed by atoms with van der Waals surface area (Å²) in [5.74, 6) is -1.62. The topological polar surface area (TPSA) is 92.8 Å². The second kappa shape index (κ2) is 9.65. The molecule has 2 fully saturated rings. The predicted molar refractivity (Wildman–Crippen MR) is 127 cm³/mol. The van der Waals surface area contributed by atoms with E-state index in [0.717, 1.165) is 19.3 Å². The van der Waals surface area contributed by atoms with Gasteiger partial charge in [0.25, 0.3) is 5.91 Å². The zero-order valence-electron chi connectivity index (χ0n) is 17.8. The number of fused-ring (bicyclic) bond motifs is 1. The van der Waals surface area contributed by atoms with Gasteiger partial charge in [-0.3, -0.25) is 19.3 Å². The van der Waals surface area contributed by atoms with Crippen LogP contribution in [0.15, 0.2) is 46.9 Å². The van der Waals surface area contributed by atoms with Crippen molar-refractivity contribution < 1.29 is 23.9 Å². The van der Waals surface area contributed by atoms with Crippen molar-refractivity contribution in [1.29, 1.82) is 0 Å². The second-order valence-electron chi connectivity index (χ2n) is 8.44. The highest BCUT2D eigenvalue weighted by molar-refractivity contribution is 9.10. The summed E-state index contributed by atoms with van der Waals surface area (Å²) in [7, 11) is 0. The van der Waals surface area contributed by atoms with E-state index in [-0.39, 0.29) is 29.2 Å². The first kappa shape index (κ1) is 23.4. The predicted octanol–water partition coefficient (Wildman–Crippen LogP) is 4.82. The van der Waals surface area contributed by atoms with Gasteiger partial charge in [-0.2, -0.15) is 0 Å². The lowest BCUT2D eigenvalue weighted by Gasteiger charge is -2.25. The molecule has 0 bridgehead atoms. The van der Waals surface area contributed by atoms with Crippen LogP contribution in [0.5, 0.6) is 0 Å². The van der Waals surface area contributed by atoms with Crippen LogP contribution in [0.3, 0.4) is 0 Å². The average molecular weight is 534 g/mol. The van der Waals surface area contributed by atoms with Crippen LogP contribution in [0.4, 0.5) is 11.4 Å². The third kappa shape index (κ3) is 4.96. The number of esters is 1. The van der Waals surface area contributed by atoms with E-state index in [0.29, 0.717) is 26.8 Å². The highest BCUT2D eigenvalue weighted by atomic mass is 79.9. The minimum absolute atomic E-state index is 0.169. The van der Waals surface area contributed by atoms with Crippen LogP contribution < -0.4 is 10.2 Å². The highest BCUT2D eigenvalue weighted by Gasteiger charge is 2.49. The number of nitrogens with one attached hydrogen (secondary N) is 1. The van der Waals surface area contributed by atoms with Crippen molar-refractivity contribution >= 4 is 62.6 Å². The Morgan fingerprint density at radius 1 is 1.09 bits per heavy atom. The van der Waals surface area contributed by atoms with Crippen LogP contribution in [0, 0.1) is 17.8 Å². The SMILES string of the molecule is C[C@@H]1CC[C@H]2C(=O)N(c3ccc(C(=O)OCC(=O)Nc4ccc(Br)c(Cl)c4)cc3)C(=O)[C@@H]2C1. The van der Waals surface area contributed by atoms with E-state index in [2.05, 4.69) is 28.2 Å². The first-order chi connectivity index (χ1) is 15.7. The molecule has 0 unspecified atom stereocenters. The van der Waals surface area contributed by atoms with Crippen LogP contribution in [0.1, 0.15) is 36.5 Å². The summed E-state index contributed by atoms with van der Waals surface area (Å²) in [5.41, 5.74) is 1.13. The Bertz CT molecular complexity index is 1120. The molecule has 2 aliphatic rings. The maximum Gasteiger partial charge on any atom is 0.338 e. The minimum Gasteiger partial charge on any atom is -0.452 e. The van der Waals surface area contributed by atoms with Crippen molar-refractivity contribution in [3.05, 3.63) is 57.5 Å². The smallest absolute Gasteiger partial charge is 0.338 e. The normalized spacial score (nSPS) is 22.2. The van der Waals surface area contributed by atoms with Crippen molar-refractivity contribution in [3.63, 3.8) is 0 Å². The van der Waals surface area contributed by atoms with E-state index in [4.69, 9.17) is 16.3 Å². The quantitative estimate of drug-likeness (QED) is 0.439. The monoisotopic (exact) mass is 532 g/mol. The summed E-state index contributed by atoms with van der Waals surface area (Å²) in [6.07, 6.45) is 2.40. The van der Waals surface area contributed by atoms with Crippen LogP contribution >= 0.6 is 27.5 Å². The number of ether oxygens (including phenoxy) is 1. The summed E-state index contributed by atoms with van der Waals surface area (Å²) in [6, 6.07) is 11.0. The fourth-order valence-electron chi connectivity index (χ4n) is 4.38. The number of carbonyl (C=O) groups is 4. The van der Waals surface area contributed by atoms with Gasteiger partial charge < -0.3 is 10.1 Å². The molecule has 9 heteroatoms. The molecule has 33 heavy (non-hydrogen) atoms. The molecule has 1 heterocycles. The molecule has 1 N–H and O–H groups in total. The number of nitrogens with zero attached hydrogens (tertiary/aromatic N) is 1. The van der Waals surface area contributed by atoms with Gasteiger partial charge in [-0.05, 0) is 83.6 Å². The van der Waals surface area contributed by atoms with E-state index in [9.17, 15) is 19.2 Å². The molecule has 3 amide bonds. The molecule has 2 aromatic carbocycles. The number of hydrogen-bond acceptors (Lipinski definition) is 5. The van der Waals surface area contributed by atoms with Gasteiger partial charge in [-0.15, -0.1) is 0 Å². The van der Waals surface area contributed by atoms with Gasteiger partial charge in [0.2, 0.25) is 11.8 Å². The van der Waals surface area contributed by atoms with Crippen molar-refractivity contribution in [1.82, 2.24) is 0 Å². The van der Waals surface area contributed by atoms with Gasteiger partial charge in [0.1, 0.15) is 0 Å². The van der Waals surface area contributed by atoms with E-state index in [1.165, 1.54) is 17.0 Å². The lowest BCUT2D eigenvalue weighted by Crippen LogP contribution is -2.30. The minimum atomic E-state index is -0.688. The van der Waals surface area contributed by atoms with E-state index >= 15 is 0 Å². The van der Waals surface area contributed by atoms with Gasteiger partial charge in [0.15, 0.2) is 6.61 Å². The number of hydrogen-bond donors (Lipinski definition) is 1. The molecular weight excluding hydrogens is 512 g/mol. The fourth-order valence-corrected chi connectivity index (χ4v) is 4.80. The van der Waals surface area contributed by atoms with Gasteiger partial charge in [0, 0.05) is 10.2 Å². The summed E-state index contributed by atoms with van der Waals surface area (Å²) in [5, 5.41) is 3.04. The number of rotatable bonds is 5. The summed E-state index contributed by atoms with van der Waals surface area (Å²) >= 11 is 9.26. The molecule has 1 aliphatic heterocycles. The number of benzene rings is 2. The number of imide groups is 1. The first-order valence-electron chi connectivity index (χ1n) is 10.6. The lowest BCUT2D eigenvalue weighted by atomic mass is 9.76. The van der Waals surface area contributed by atoms with Crippen LogP contribution in [-0.2, 0) is 19.1 Å². The Morgan fingerprint density at radius 3 is 2.48 bits per heavy atom. The van der Waals surface area contributed by atoms with Crippen molar-refractivity contribution in [2.24, 2.45) is 17.8 Å². The number of halogens is 2. The average Bonchev–Trinajstić information content (AvgIpc) is 3.04. The van der Waals surface area contributed by atoms with E-state index < -0.39 is 18.5 Å². The Kier molecular flexibility index (Phi) is 6.86. The van der Waals surface area contributed by atoms with Gasteiger partial charge in [-0.25, -0.2) is 4.79 Å². The Morgan fingerprint density at radius 2 is 1.79 bits per heavy atom. The van der Waals surface area contributed by atoms with Crippen molar-refractivity contribution in [2.45, 2.75) is 26.2 Å². The molecule has 172 valence electrons. The van der Waals surface area contributed by atoms with Gasteiger partial charge in [0.05, 0.1) is 28.1 Å². The number of carbonyl (C=O) groups excluding carboxylic acids is 4. The number of amides is 3. The van der Waals surface area contributed by atoms with E-state index in [1.54, 1.807) is 30.3 Å². The molecule has 1 aliphatic carbocycles. The summed E-state index contributed by atoms with van der Waals surface area (Å²) < 4.78 is 5.77. The molecule has 2 aromatic rings. The Labute approximate surface area is 204 Å². The van der Waals surface area contributed by atoms with Crippen molar-refractivity contribution in [2.75, 3.05) is 16.8 Å². The standard InChI is InChI=1S/C24H22BrClN2O5/c1-13-2-8-17-18(10-13)23(31)28(22(17)30)16-6-3-14(4-7-16)24(32)33-12-21(29)27-15-5-9-19(25)20(26)11-15/h3-7,9,11,13,17-18H,2,8,10,12H2,1H3,(H,27,29)/t13-,17-,18-/m1/s1. The number of anilines is 2. The highest BCUT2D eigenvalue weighted by Crippen LogP contribution is 2.42. The first-order valence-corrected chi connectivity index (χ1v) is 11.8. The second-order valence-corrected chi connectivity index (χ2v) is 9.70. The third-order valence-corrected chi connectivity index (χ3v) is 7.32. The molecular formula is C24H22BrClN2O5. The maximum absolute atomic E-state index is 12.8. The van der Waals surface area contributed by atoms with Crippen LogP contribution in [-0.4, -0.2) is 30.3 Å². The van der Waals surface area contributed by atoms with Crippen LogP contribution in [0.25, 0.3) is 0 Å². The van der Waals surface area contributed by atoms with Gasteiger partial charge in [-0.1, -0.05) is 18.5 Å². The Balaban J connectivity index is 1.35. The molecule has 0 radical (unpaired) electrons. The molecule has 1 saturated heterocycles. The molecule has 0 spiro atoms. The molecule has 3 atom stereocenters. The lowest BCUT2D eigenvalue weighted by molar-refractivity contribution is -0.122. The summed E-state index contributed by atoms with van der Waals surface area (Å²) in [6.45, 7) is 1.63. The van der Waals surface area contributed by atoms with E-state index in [1.807, 2.05) is 0 Å². The van der Waals surface area contributed by atoms with Crippen LogP contribution in [0.2, 0.25) is 5.02 Å². The summed E-state index contributed by atoms with van der Waals surface area (Å²) in [4.78, 5) is 51.3. The molecule has 1 saturated carbocycles. The molecule has 7 nitrogen and oxygen atoms in total. The van der Waals surface area contributed by atoms with Crippen molar-refractivity contribution in [3.8, 4) is 0 Å².